The zero-order valence-electron chi connectivity index (χ0n) is 10.1. The number of esters is 1. The van der Waals surface area contributed by atoms with Gasteiger partial charge < -0.3 is 10.1 Å². The molecule has 0 saturated carbocycles. The van der Waals surface area contributed by atoms with E-state index in [-0.39, 0.29) is 6.61 Å². The van der Waals surface area contributed by atoms with Gasteiger partial charge in [-0.3, -0.25) is 4.79 Å². The van der Waals surface area contributed by atoms with E-state index in [1.165, 1.54) is 0 Å². The Morgan fingerprint density at radius 1 is 1.41 bits per heavy atom. The zero-order valence-corrected chi connectivity index (χ0v) is 10.9. The largest absolute Gasteiger partial charge is 0.465 e. The van der Waals surface area contributed by atoms with Crippen LogP contribution in [-0.2, 0) is 19.6 Å². The van der Waals surface area contributed by atoms with Crippen molar-refractivity contribution < 1.29 is 17.9 Å². The van der Waals surface area contributed by atoms with Gasteiger partial charge in [0.15, 0.2) is 5.75 Å². The third-order valence-electron chi connectivity index (χ3n) is 2.66. The van der Waals surface area contributed by atoms with Crippen LogP contribution in [0.5, 0.6) is 0 Å². The van der Waals surface area contributed by atoms with Crippen LogP contribution in [0.15, 0.2) is 0 Å². The van der Waals surface area contributed by atoms with Gasteiger partial charge in [0.05, 0.1) is 6.61 Å². The zero-order chi connectivity index (χ0) is 12.7. The van der Waals surface area contributed by atoms with Gasteiger partial charge in [0, 0.05) is 6.54 Å². The summed E-state index contributed by atoms with van der Waals surface area (Å²) in [6.45, 7) is 4.09. The molecule has 0 atom stereocenters. The Hall–Kier alpha value is -0.660. The normalized spacial score (nSPS) is 17.9. The number of nitrogens with one attached hydrogen (secondary N) is 2. The third-order valence-corrected chi connectivity index (χ3v) is 3.89. The van der Waals surface area contributed by atoms with Gasteiger partial charge in [0.2, 0.25) is 10.0 Å². The highest BCUT2D eigenvalue weighted by atomic mass is 32.2. The Balaban J connectivity index is 2.30. The molecule has 0 bridgehead atoms. The maximum absolute atomic E-state index is 11.5. The first-order chi connectivity index (χ1) is 8.03. The van der Waals surface area contributed by atoms with Crippen LogP contribution in [0, 0.1) is 5.92 Å². The van der Waals surface area contributed by atoms with Gasteiger partial charge >= 0.3 is 5.97 Å². The van der Waals surface area contributed by atoms with E-state index in [4.69, 9.17) is 0 Å². The number of ether oxygens (including phenoxy) is 1. The lowest BCUT2D eigenvalue weighted by atomic mass is 9.99. The maximum Gasteiger partial charge on any atom is 0.322 e. The second kappa shape index (κ2) is 6.93. The summed E-state index contributed by atoms with van der Waals surface area (Å²) in [7, 11) is -3.55. The Kier molecular flexibility index (Phi) is 5.87. The first kappa shape index (κ1) is 14.4. The van der Waals surface area contributed by atoms with Crippen LogP contribution in [0.1, 0.15) is 19.8 Å². The van der Waals surface area contributed by atoms with Crippen molar-refractivity contribution in [3.8, 4) is 0 Å². The average molecular weight is 264 g/mol. The van der Waals surface area contributed by atoms with E-state index in [0.717, 1.165) is 25.9 Å². The van der Waals surface area contributed by atoms with Crippen molar-refractivity contribution >= 4 is 16.0 Å². The van der Waals surface area contributed by atoms with E-state index in [1.807, 2.05) is 0 Å². The standard InChI is InChI=1S/C10H20N2O4S/c1-2-16-10(13)8-17(14,15)12-7-9-3-5-11-6-4-9/h9,11-12H,2-8H2,1H3. The predicted octanol–water partition coefficient (Wildman–Crippen LogP) is -0.531. The molecular formula is C10H20N2O4S. The summed E-state index contributed by atoms with van der Waals surface area (Å²) in [5.74, 6) is -0.940. The van der Waals surface area contributed by atoms with Crippen LogP contribution in [0.2, 0.25) is 0 Å². The molecular weight excluding hydrogens is 244 g/mol. The topological polar surface area (TPSA) is 84.5 Å². The fourth-order valence-electron chi connectivity index (χ4n) is 1.74. The second-order valence-corrected chi connectivity index (χ2v) is 5.91. The number of carbonyl (C=O) groups excluding carboxylic acids is 1. The summed E-state index contributed by atoms with van der Waals surface area (Å²) >= 11 is 0. The summed E-state index contributed by atoms with van der Waals surface area (Å²) in [4.78, 5) is 11.1. The molecule has 1 aliphatic heterocycles. The summed E-state index contributed by atoms with van der Waals surface area (Å²) in [5.41, 5.74) is 0. The minimum atomic E-state index is -3.55. The van der Waals surface area contributed by atoms with Gasteiger partial charge in [-0.2, -0.15) is 0 Å². The van der Waals surface area contributed by atoms with Crippen molar-refractivity contribution in [3.05, 3.63) is 0 Å². The van der Waals surface area contributed by atoms with E-state index in [2.05, 4.69) is 14.8 Å². The van der Waals surface area contributed by atoms with E-state index in [1.54, 1.807) is 6.92 Å². The number of hydrogen-bond donors (Lipinski definition) is 2. The lowest BCUT2D eigenvalue weighted by molar-refractivity contribution is -0.139. The minimum Gasteiger partial charge on any atom is -0.465 e. The number of carbonyl (C=O) groups is 1. The average Bonchev–Trinajstić information content (AvgIpc) is 2.27. The molecule has 0 aromatic heterocycles. The molecule has 1 rings (SSSR count). The van der Waals surface area contributed by atoms with Gasteiger partial charge in [-0.05, 0) is 38.8 Å². The fourth-order valence-corrected chi connectivity index (χ4v) is 2.72. The van der Waals surface area contributed by atoms with Crippen molar-refractivity contribution in [2.45, 2.75) is 19.8 Å². The molecule has 0 unspecified atom stereocenters. The van der Waals surface area contributed by atoms with Crippen LogP contribution in [0.4, 0.5) is 0 Å². The SMILES string of the molecule is CCOC(=O)CS(=O)(=O)NCC1CCNCC1. The summed E-state index contributed by atoms with van der Waals surface area (Å²) in [5, 5.41) is 3.21. The Morgan fingerprint density at radius 3 is 2.65 bits per heavy atom. The van der Waals surface area contributed by atoms with E-state index < -0.39 is 21.7 Å². The Bertz CT molecular complexity index is 336. The molecule has 7 heteroatoms. The molecule has 0 aromatic rings. The monoisotopic (exact) mass is 264 g/mol. The Morgan fingerprint density at radius 2 is 2.06 bits per heavy atom. The lowest BCUT2D eigenvalue weighted by Gasteiger charge is -2.22. The van der Waals surface area contributed by atoms with E-state index in [9.17, 15) is 13.2 Å². The predicted molar refractivity (Wildman–Crippen MR) is 64.0 cm³/mol. The molecule has 0 spiro atoms. The van der Waals surface area contributed by atoms with E-state index in [0.29, 0.717) is 12.5 Å². The first-order valence-electron chi connectivity index (χ1n) is 5.87. The molecule has 2 N–H and O–H groups in total. The molecule has 0 aliphatic carbocycles. The summed E-state index contributed by atoms with van der Waals surface area (Å²) < 4.78 is 30.1. The van der Waals surface area contributed by atoms with E-state index >= 15 is 0 Å². The van der Waals surface area contributed by atoms with Crippen LogP contribution >= 0.6 is 0 Å². The highest BCUT2D eigenvalue weighted by Crippen LogP contribution is 2.10. The summed E-state index contributed by atoms with van der Waals surface area (Å²) in [6, 6.07) is 0. The molecule has 1 heterocycles. The number of piperidine rings is 1. The van der Waals surface area contributed by atoms with Crippen LogP contribution in [-0.4, -0.2) is 46.4 Å². The third kappa shape index (κ3) is 5.99. The van der Waals surface area contributed by atoms with Crippen molar-refractivity contribution in [2.75, 3.05) is 32.0 Å². The smallest absolute Gasteiger partial charge is 0.322 e. The molecule has 0 radical (unpaired) electrons. The van der Waals surface area contributed by atoms with Gasteiger partial charge in [-0.15, -0.1) is 0 Å². The molecule has 17 heavy (non-hydrogen) atoms. The number of hydrogen-bond acceptors (Lipinski definition) is 5. The number of sulfonamides is 1. The number of rotatable bonds is 6. The quantitative estimate of drug-likeness (QED) is 0.630. The van der Waals surface area contributed by atoms with Crippen molar-refractivity contribution in [3.63, 3.8) is 0 Å². The molecule has 1 aliphatic rings. The van der Waals surface area contributed by atoms with Crippen molar-refractivity contribution in [1.29, 1.82) is 0 Å². The molecule has 1 fully saturated rings. The highest BCUT2D eigenvalue weighted by molar-refractivity contribution is 7.90. The molecule has 100 valence electrons. The van der Waals surface area contributed by atoms with Gasteiger partial charge in [-0.1, -0.05) is 0 Å². The van der Waals surface area contributed by atoms with Crippen LogP contribution in [0.3, 0.4) is 0 Å². The van der Waals surface area contributed by atoms with Gasteiger partial charge in [-0.25, -0.2) is 13.1 Å². The minimum absolute atomic E-state index is 0.197. The second-order valence-electron chi connectivity index (χ2n) is 4.11. The van der Waals surface area contributed by atoms with Crippen LogP contribution in [0.25, 0.3) is 0 Å². The van der Waals surface area contributed by atoms with Gasteiger partial charge in [0.25, 0.3) is 0 Å². The molecule has 6 nitrogen and oxygen atoms in total. The van der Waals surface area contributed by atoms with Crippen molar-refractivity contribution in [2.24, 2.45) is 5.92 Å². The van der Waals surface area contributed by atoms with Crippen molar-refractivity contribution in [1.82, 2.24) is 10.0 Å². The fraction of sp³-hybridized carbons (Fsp3) is 0.900. The van der Waals surface area contributed by atoms with Gasteiger partial charge in [0.1, 0.15) is 0 Å². The first-order valence-corrected chi connectivity index (χ1v) is 7.52. The lowest BCUT2D eigenvalue weighted by Crippen LogP contribution is -2.38. The van der Waals surface area contributed by atoms with Crippen LogP contribution < -0.4 is 10.0 Å². The Labute approximate surface area is 102 Å². The molecule has 0 amide bonds. The summed E-state index contributed by atoms with van der Waals surface area (Å²) in [6.07, 6.45) is 1.92. The molecule has 1 saturated heterocycles. The molecule has 0 aromatic carbocycles. The highest BCUT2D eigenvalue weighted by Gasteiger charge is 2.20. The maximum atomic E-state index is 11.5.